The van der Waals surface area contributed by atoms with E-state index < -0.39 is 17.5 Å². The first-order valence-electron chi connectivity index (χ1n) is 6.78. The zero-order chi connectivity index (χ0) is 13.9. The van der Waals surface area contributed by atoms with Crippen LogP contribution in [0.3, 0.4) is 0 Å². The fourth-order valence-corrected chi connectivity index (χ4v) is 2.90. The van der Waals surface area contributed by atoms with Gasteiger partial charge in [-0.05, 0) is 31.9 Å². The van der Waals surface area contributed by atoms with Gasteiger partial charge in [0, 0.05) is 18.2 Å². The maximum Gasteiger partial charge on any atom is 0.132 e. The second kappa shape index (κ2) is 5.88. The Hall–Kier alpha value is -1.13. The zero-order valence-corrected chi connectivity index (χ0v) is 11.5. The Morgan fingerprint density at radius 3 is 2.58 bits per heavy atom. The normalized spacial score (nSPS) is 19.4. The molecule has 4 heteroatoms. The summed E-state index contributed by atoms with van der Waals surface area (Å²) in [6, 6.07) is 4.54. The van der Waals surface area contributed by atoms with Crippen LogP contribution in [-0.2, 0) is 4.74 Å². The second-order valence-corrected chi connectivity index (χ2v) is 4.99. The van der Waals surface area contributed by atoms with Crippen LogP contribution in [0.4, 0.5) is 4.39 Å². The minimum Gasteiger partial charge on any atom is -0.497 e. The van der Waals surface area contributed by atoms with Crippen LogP contribution < -0.4 is 4.74 Å². The summed E-state index contributed by atoms with van der Waals surface area (Å²) in [5.41, 5.74) is -0.347. The lowest BCUT2D eigenvalue weighted by Gasteiger charge is -2.34. The highest BCUT2D eigenvalue weighted by Gasteiger charge is 2.43. The van der Waals surface area contributed by atoms with Crippen LogP contribution >= 0.6 is 0 Å². The third kappa shape index (κ3) is 2.74. The van der Waals surface area contributed by atoms with E-state index in [1.807, 2.05) is 6.92 Å². The van der Waals surface area contributed by atoms with Crippen molar-refractivity contribution in [3.63, 3.8) is 0 Å². The van der Waals surface area contributed by atoms with Crippen molar-refractivity contribution >= 4 is 0 Å². The first-order chi connectivity index (χ1) is 9.13. The van der Waals surface area contributed by atoms with E-state index in [2.05, 4.69) is 0 Å². The molecule has 1 fully saturated rings. The first-order valence-corrected chi connectivity index (χ1v) is 6.78. The van der Waals surface area contributed by atoms with Gasteiger partial charge < -0.3 is 14.6 Å². The highest BCUT2D eigenvalue weighted by atomic mass is 19.1. The Bertz CT molecular complexity index is 427. The standard InChI is InChI=1S/C15H21FO3/c1-3-19-15(8-4-5-9-15)14(17)12-7-6-11(18-2)10-13(12)16/h6-7,10,14,17H,3-5,8-9H2,1-2H3. The lowest BCUT2D eigenvalue weighted by molar-refractivity contribution is -0.119. The number of hydrogen-bond acceptors (Lipinski definition) is 3. The molecule has 19 heavy (non-hydrogen) atoms. The van der Waals surface area contributed by atoms with Crippen molar-refractivity contribution in [2.75, 3.05) is 13.7 Å². The minimum atomic E-state index is -0.930. The van der Waals surface area contributed by atoms with Crippen LogP contribution in [0.15, 0.2) is 18.2 Å². The molecular formula is C15H21FO3. The Labute approximate surface area is 113 Å². The van der Waals surface area contributed by atoms with Crippen LogP contribution in [0.2, 0.25) is 0 Å². The van der Waals surface area contributed by atoms with Crippen molar-refractivity contribution in [3.8, 4) is 5.75 Å². The third-order valence-corrected chi connectivity index (χ3v) is 3.88. The lowest BCUT2D eigenvalue weighted by Crippen LogP contribution is -2.37. The highest BCUT2D eigenvalue weighted by Crippen LogP contribution is 2.43. The molecule has 1 aromatic carbocycles. The molecule has 3 nitrogen and oxygen atoms in total. The smallest absolute Gasteiger partial charge is 0.132 e. The highest BCUT2D eigenvalue weighted by molar-refractivity contribution is 5.31. The molecule has 1 saturated carbocycles. The largest absolute Gasteiger partial charge is 0.497 e. The molecule has 1 aliphatic carbocycles. The molecule has 0 heterocycles. The number of halogens is 1. The predicted molar refractivity (Wildman–Crippen MR) is 70.7 cm³/mol. The summed E-state index contributed by atoms with van der Waals surface area (Å²) in [7, 11) is 1.49. The third-order valence-electron chi connectivity index (χ3n) is 3.88. The van der Waals surface area contributed by atoms with Crippen LogP contribution in [0, 0.1) is 5.82 Å². The Morgan fingerprint density at radius 2 is 2.05 bits per heavy atom. The molecule has 0 spiro atoms. The zero-order valence-electron chi connectivity index (χ0n) is 11.5. The molecule has 2 rings (SSSR count). The Morgan fingerprint density at radius 1 is 1.37 bits per heavy atom. The van der Waals surface area contributed by atoms with Gasteiger partial charge in [-0.1, -0.05) is 12.8 Å². The van der Waals surface area contributed by atoms with Crippen molar-refractivity contribution in [1.82, 2.24) is 0 Å². The molecule has 1 aromatic rings. The van der Waals surface area contributed by atoms with E-state index in [0.717, 1.165) is 25.7 Å². The summed E-state index contributed by atoms with van der Waals surface area (Å²) in [4.78, 5) is 0. The van der Waals surface area contributed by atoms with Gasteiger partial charge >= 0.3 is 0 Å². The fourth-order valence-electron chi connectivity index (χ4n) is 2.90. The van der Waals surface area contributed by atoms with Crippen molar-refractivity contribution in [2.24, 2.45) is 0 Å². The average molecular weight is 268 g/mol. The van der Waals surface area contributed by atoms with E-state index in [0.29, 0.717) is 12.4 Å². The molecule has 1 unspecified atom stereocenters. The van der Waals surface area contributed by atoms with Crippen LogP contribution in [0.1, 0.15) is 44.3 Å². The summed E-state index contributed by atoms with van der Waals surface area (Å²) in [6.45, 7) is 2.42. The number of aliphatic hydroxyl groups excluding tert-OH is 1. The molecule has 0 saturated heterocycles. The minimum absolute atomic E-state index is 0.288. The summed E-state index contributed by atoms with van der Waals surface area (Å²) >= 11 is 0. The van der Waals surface area contributed by atoms with Gasteiger partial charge in [-0.15, -0.1) is 0 Å². The molecule has 1 aliphatic rings. The molecule has 0 aromatic heterocycles. The van der Waals surface area contributed by atoms with Crippen molar-refractivity contribution in [2.45, 2.75) is 44.3 Å². The average Bonchev–Trinajstić information content (AvgIpc) is 2.88. The number of ether oxygens (including phenoxy) is 2. The predicted octanol–water partition coefficient (Wildman–Crippen LogP) is 3.22. The summed E-state index contributed by atoms with van der Waals surface area (Å²) < 4.78 is 24.8. The summed E-state index contributed by atoms with van der Waals surface area (Å²) in [5, 5.41) is 10.5. The topological polar surface area (TPSA) is 38.7 Å². The number of hydrogen-bond donors (Lipinski definition) is 1. The molecule has 106 valence electrons. The molecule has 0 radical (unpaired) electrons. The van der Waals surface area contributed by atoms with Gasteiger partial charge in [0.25, 0.3) is 0 Å². The molecule has 1 atom stereocenters. The van der Waals surface area contributed by atoms with Gasteiger partial charge in [-0.25, -0.2) is 4.39 Å². The Kier molecular flexibility index (Phi) is 4.42. The van der Waals surface area contributed by atoms with Gasteiger partial charge in [-0.2, -0.15) is 0 Å². The molecule has 1 N–H and O–H groups in total. The van der Waals surface area contributed by atoms with Gasteiger partial charge in [-0.3, -0.25) is 0 Å². The maximum atomic E-state index is 14.1. The maximum absolute atomic E-state index is 14.1. The lowest BCUT2D eigenvalue weighted by atomic mass is 9.89. The van der Waals surface area contributed by atoms with E-state index in [9.17, 15) is 9.50 Å². The monoisotopic (exact) mass is 268 g/mol. The summed E-state index contributed by atoms with van der Waals surface area (Å²) in [6.07, 6.45) is 2.63. The van der Waals surface area contributed by atoms with Crippen molar-refractivity contribution < 1.29 is 19.0 Å². The van der Waals surface area contributed by atoms with Crippen molar-refractivity contribution in [3.05, 3.63) is 29.6 Å². The van der Waals surface area contributed by atoms with Crippen LogP contribution in [0.5, 0.6) is 5.75 Å². The van der Waals surface area contributed by atoms with Gasteiger partial charge in [0.15, 0.2) is 0 Å². The first kappa shape index (κ1) is 14.3. The van der Waals surface area contributed by atoms with E-state index in [1.54, 1.807) is 12.1 Å². The van der Waals surface area contributed by atoms with E-state index >= 15 is 0 Å². The quantitative estimate of drug-likeness (QED) is 0.891. The van der Waals surface area contributed by atoms with Crippen LogP contribution in [-0.4, -0.2) is 24.4 Å². The fraction of sp³-hybridized carbons (Fsp3) is 0.600. The SMILES string of the molecule is CCOC1(C(O)c2ccc(OC)cc2F)CCCC1. The molecule has 0 aliphatic heterocycles. The van der Waals surface area contributed by atoms with E-state index in [4.69, 9.17) is 9.47 Å². The van der Waals surface area contributed by atoms with E-state index in [-0.39, 0.29) is 5.56 Å². The number of benzene rings is 1. The number of rotatable bonds is 5. The van der Waals surface area contributed by atoms with Gasteiger partial charge in [0.05, 0.1) is 12.7 Å². The van der Waals surface area contributed by atoms with E-state index in [1.165, 1.54) is 13.2 Å². The summed E-state index contributed by atoms with van der Waals surface area (Å²) in [5.74, 6) is 0.00293. The van der Waals surface area contributed by atoms with Gasteiger partial charge in [0.1, 0.15) is 17.7 Å². The molecule has 0 amide bonds. The number of methoxy groups -OCH3 is 1. The second-order valence-electron chi connectivity index (χ2n) is 4.99. The molecular weight excluding hydrogens is 247 g/mol. The van der Waals surface area contributed by atoms with Crippen molar-refractivity contribution in [1.29, 1.82) is 0 Å². The molecule has 0 bridgehead atoms. The Balaban J connectivity index is 2.29. The van der Waals surface area contributed by atoms with Crippen LogP contribution in [0.25, 0.3) is 0 Å². The van der Waals surface area contributed by atoms with Gasteiger partial charge in [0.2, 0.25) is 0 Å². The number of aliphatic hydroxyl groups is 1.